The highest BCUT2D eigenvalue weighted by Gasteiger charge is 2.15. The normalized spacial score (nSPS) is 11.6. The molecule has 0 spiro atoms. The molecule has 1 unspecified atom stereocenters. The summed E-state index contributed by atoms with van der Waals surface area (Å²) in [7, 11) is 3.15. The fraction of sp³-hybridized carbons (Fsp3) is 0.316. The first-order valence-electron chi connectivity index (χ1n) is 7.96. The molecule has 2 aromatic carbocycles. The van der Waals surface area contributed by atoms with Crippen LogP contribution in [0.1, 0.15) is 29.7 Å². The second kappa shape index (κ2) is 8.37. The fourth-order valence-electron chi connectivity index (χ4n) is 2.43. The van der Waals surface area contributed by atoms with Crippen molar-refractivity contribution in [2.24, 2.45) is 0 Å². The first-order chi connectivity index (χ1) is 11.9. The molecule has 0 aliphatic heterocycles. The highest BCUT2D eigenvalue weighted by molar-refractivity contribution is 5.74. The van der Waals surface area contributed by atoms with Gasteiger partial charge >= 0.3 is 6.03 Å². The van der Waals surface area contributed by atoms with Crippen LogP contribution in [0.25, 0.3) is 0 Å². The highest BCUT2D eigenvalue weighted by atomic mass is 19.1. The third-order valence-electron chi connectivity index (χ3n) is 3.94. The molecule has 134 valence electrons. The molecule has 25 heavy (non-hydrogen) atoms. The van der Waals surface area contributed by atoms with E-state index in [1.54, 1.807) is 45.4 Å². The van der Waals surface area contributed by atoms with Crippen LogP contribution in [-0.2, 0) is 6.54 Å². The van der Waals surface area contributed by atoms with Gasteiger partial charge in [-0.2, -0.15) is 0 Å². The molecule has 2 aromatic rings. The Bertz CT molecular complexity index is 749. The molecule has 0 bridgehead atoms. The minimum absolute atomic E-state index is 0.241. The lowest BCUT2D eigenvalue weighted by atomic mass is 10.1. The minimum atomic E-state index is -0.349. The van der Waals surface area contributed by atoms with Gasteiger partial charge in [-0.05, 0) is 49.2 Å². The van der Waals surface area contributed by atoms with Crippen molar-refractivity contribution >= 4 is 6.03 Å². The number of carbonyl (C=O) groups excluding carboxylic acids is 1. The van der Waals surface area contributed by atoms with Crippen LogP contribution in [0.4, 0.5) is 9.18 Å². The van der Waals surface area contributed by atoms with E-state index < -0.39 is 0 Å². The summed E-state index contributed by atoms with van der Waals surface area (Å²) in [6.45, 7) is 3.79. The van der Waals surface area contributed by atoms with Crippen molar-refractivity contribution in [3.8, 4) is 11.5 Å². The van der Waals surface area contributed by atoms with Gasteiger partial charge in [0.05, 0.1) is 20.3 Å². The molecule has 2 N–H and O–H groups in total. The Balaban J connectivity index is 1.99. The zero-order valence-electron chi connectivity index (χ0n) is 14.9. The molecule has 6 heteroatoms. The Morgan fingerprint density at radius 1 is 1.16 bits per heavy atom. The molecule has 0 aliphatic carbocycles. The number of carbonyl (C=O) groups is 1. The maximum absolute atomic E-state index is 13.5. The zero-order valence-corrected chi connectivity index (χ0v) is 14.9. The largest absolute Gasteiger partial charge is 0.497 e. The maximum atomic E-state index is 13.5. The number of nitrogens with one attached hydrogen (secondary N) is 2. The van der Waals surface area contributed by atoms with Crippen molar-refractivity contribution in [3.63, 3.8) is 0 Å². The van der Waals surface area contributed by atoms with Gasteiger partial charge in [0.1, 0.15) is 17.3 Å². The summed E-state index contributed by atoms with van der Waals surface area (Å²) in [6, 6.07) is 9.66. The summed E-state index contributed by atoms with van der Waals surface area (Å²) in [5.74, 6) is 1.06. The number of hydrogen-bond acceptors (Lipinski definition) is 3. The first-order valence-corrected chi connectivity index (χ1v) is 7.96. The van der Waals surface area contributed by atoms with Crippen LogP contribution in [0.15, 0.2) is 36.4 Å². The lowest BCUT2D eigenvalue weighted by Crippen LogP contribution is -2.36. The molecular weight excluding hydrogens is 323 g/mol. The second-order valence-corrected chi connectivity index (χ2v) is 5.74. The molecule has 0 saturated carbocycles. The lowest BCUT2D eigenvalue weighted by molar-refractivity contribution is 0.237. The summed E-state index contributed by atoms with van der Waals surface area (Å²) in [6.07, 6.45) is 0. The molecule has 0 heterocycles. The van der Waals surface area contributed by atoms with E-state index in [2.05, 4.69) is 10.6 Å². The van der Waals surface area contributed by atoms with Crippen molar-refractivity contribution in [1.29, 1.82) is 0 Å². The number of amides is 2. The Morgan fingerprint density at radius 2 is 1.92 bits per heavy atom. The van der Waals surface area contributed by atoms with Crippen LogP contribution in [0.3, 0.4) is 0 Å². The Morgan fingerprint density at radius 3 is 2.56 bits per heavy atom. The number of halogens is 1. The topological polar surface area (TPSA) is 59.6 Å². The van der Waals surface area contributed by atoms with Crippen molar-refractivity contribution in [2.75, 3.05) is 14.2 Å². The van der Waals surface area contributed by atoms with Crippen LogP contribution in [-0.4, -0.2) is 20.3 Å². The third-order valence-corrected chi connectivity index (χ3v) is 3.94. The molecule has 0 radical (unpaired) electrons. The molecule has 5 nitrogen and oxygen atoms in total. The van der Waals surface area contributed by atoms with Gasteiger partial charge in [-0.15, -0.1) is 0 Å². The van der Waals surface area contributed by atoms with E-state index >= 15 is 0 Å². The van der Waals surface area contributed by atoms with Gasteiger partial charge in [0.2, 0.25) is 0 Å². The molecule has 1 atom stereocenters. The molecule has 0 aromatic heterocycles. The predicted molar refractivity (Wildman–Crippen MR) is 94.5 cm³/mol. The molecule has 0 saturated heterocycles. The number of methoxy groups -OCH3 is 2. The van der Waals surface area contributed by atoms with Gasteiger partial charge in [0.25, 0.3) is 0 Å². The number of ether oxygens (including phenoxy) is 2. The average molecular weight is 346 g/mol. The molecule has 0 fully saturated rings. The van der Waals surface area contributed by atoms with Crippen molar-refractivity contribution in [2.45, 2.75) is 26.4 Å². The first kappa shape index (κ1) is 18.6. The van der Waals surface area contributed by atoms with E-state index in [1.165, 1.54) is 6.07 Å². The van der Waals surface area contributed by atoms with Gasteiger partial charge in [0.15, 0.2) is 0 Å². The zero-order chi connectivity index (χ0) is 18.4. The smallest absolute Gasteiger partial charge is 0.315 e. The van der Waals surface area contributed by atoms with E-state index in [0.29, 0.717) is 22.6 Å². The van der Waals surface area contributed by atoms with Gasteiger partial charge in [0, 0.05) is 12.1 Å². The van der Waals surface area contributed by atoms with Crippen molar-refractivity contribution < 1.29 is 18.7 Å². The third kappa shape index (κ3) is 4.86. The Hall–Kier alpha value is -2.76. The predicted octanol–water partition coefficient (Wildman–Crippen LogP) is 3.71. The number of aryl methyl sites for hydroxylation is 1. The number of benzene rings is 2. The SMILES string of the molecule is COc1ccc(OC)c(C(C)NC(=O)NCc2ccc(C)c(F)c2)c1. The molecule has 2 rings (SSSR count). The number of rotatable bonds is 6. The van der Waals surface area contributed by atoms with Crippen molar-refractivity contribution in [3.05, 3.63) is 58.9 Å². The fourth-order valence-corrected chi connectivity index (χ4v) is 2.43. The summed E-state index contributed by atoms with van der Waals surface area (Å²) in [5.41, 5.74) is 2.08. The Labute approximate surface area is 147 Å². The summed E-state index contributed by atoms with van der Waals surface area (Å²) < 4.78 is 24.1. The standard InChI is InChI=1S/C19H23FN2O3/c1-12-5-6-14(9-17(12)20)11-21-19(23)22-13(2)16-10-15(24-3)7-8-18(16)25-4/h5-10,13H,11H2,1-4H3,(H2,21,22,23). The van der Waals surface area contributed by atoms with Crippen LogP contribution >= 0.6 is 0 Å². The number of urea groups is 1. The van der Waals surface area contributed by atoms with Crippen LogP contribution in [0, 0.1) is 12.7 Å². The van der Waals surface area contributed by atoms with Crippen molar-refractivity contribution in [1.82, 2.24) is 10.6 Å². The molecule has 2 amide bonds. The Kier molecular flexibility index (Phi) is 6.22. The number of hydrogen-bond donors (Lipinski definition) is 2. The summed E-state index contributed by atoms with van der Waals surface area (Å²) >= 11 is 0. The van der Waals surface area contributed by atoms with Gasteiger partial charge in [-0.3, -0.25) is 0 Å². The van der Waals surface area contributed by atoms with Gasteiger partial charge < -0.3 is 20.1 Å². The minimum Gasteiger partial charge on any atom is -0.497 e. The van der Waals surface area contributed by atoms with Crippen LogP contribution in [0.2, 0.25) is 0 Å². The van der Waals surface area contributed by atoms with E-state index in [9.17, 15) is 9.18 Å². The van der Waals surface area contributed by atoms with E-state index in [4.69, 9.17) is 9.47 Å². The highest BCUT2D eigenvalue weighted by Crippen LogP contribution is 2.29. The molecule has 0 aliphatic rings. The maximum Gasteiger partial charge on any atom is 0.315 e. The van der Waals surface area contributed by atoms with Crippen LogP contribution in [0.5, 0.6) is 11.5 Å². The van der Waals surface area contributed by atoms with E-state index in [1.807, 2.05) is 13.0 Å². The summed E-state index contributed by atoms with van der Waals surface area (Å²) in [4.78, 5) is 12.1. The monoisotopic (exact) mass is 346 g/mol. The van der Waals surface area contributed by atoms with Gasteiger partial charge in [-0.25, -0.2) is 9.18 Å². The lowest BCUT2D eigenvalue weighted by Gasteiger charge is -2.18. The second-order valence-electron chi connectivity index (χ2n) is 5.74. The average Bonchev–Trinajstić information content (AvgIpc) is 2.62. The van der Waals surface area contributed by atoms with Crippen LogP contribution < -0.4 is 20.1 Å². The molecular formula is C19H23FN2O3. The van der Waals surface area contributed by atoms with E-state index in [-0.39, 0.29) is 24.4 Å². The summed E-state index contributed by atoms with van der Waals surface area (Å²) in [5, 5.41) is 5.56. The van der Waals surface area contributed by atoms with E-state index in [0.717, 1.165) is 5.56 Å². The van der Waals surface area contributed by atoms with Gasteiger partial charge in [-0.1, -0.05) is 12.1 Å². The quantitative estimate of drug-likeness (QED) is 0.838.